The molecule has 0 amide bonds. The van der Waals surface area contributed by atoms with Crippen LogP contribution in [0.2, 0.25) is 0 Å². The number of rotatable bonds is 8. The summed E-state index contributed by atoms with van der Waals surface area (Å²) in [5.41, 5.74) is 0. The molecule has 0 aliphatic heterocycles. The number of carbonyl (C=O) groups is 1. The Labute approximate surface area is 197 Å². The number of hydrogen-bond donors (Lipinski definition) is 4. The van der Waals surface area contributed by atoms with E-state index < -0.39 is 5.97 Å². The first-order valence-corrected chi connectivity index (χ1v) is 10.7. The van der Waals surface area contributed by atoms with Crippen LogP contribution in [0.1, 0.15) is 121 Å². The van der Waals surface area contributed by atoms with E-state index in [0.29, 0.717) is 6.42 Å². The van der Waals surface area contributed by atoms with Crippen LogP contribution in [0.25, 0.3) is 0 Å². The van der Waals surface area contributed by atoms with Gasteiger partial charge >= 0.3 is 5.97 Å². The van der Waals surface area contributed by atoms with Crippen LogP contribution in [0.4, 0.5) is 0 Å². The number of carboxylic acid groups (broad SMARTS) is 1. The maximum atomic E-state index is 10.1. The molecule has 0 radical (unpaired) electrons. The van der Waals surface area contributed by atoms with Crippen LogP contribution in [-0.2, 0) is 26.5 Å². The minimum atomic E-state index is -0.663. The third kappa shape index (κ3) is 232. The average Bonchev–Trinajstić information content (AvgIpc) is 2.43. The second-order valence-electron chi connectivity index (χ2n) is 8.05. The number of carboxylic acids is 1. The fourth-order valence-electron chi connectivity index (χ4n) is 1.23. The molecule has 0 bridgehead atoms. The van der Waals surface area contributed by atoms with E-state index in [1.165, 1.54) is 38.0 Å². The van der Waals surface area contributed by atoms with Crippen LogP contribution in [-0.4, -0.2) is 44.7 Å². The van der Waals surface area contributed by atoms with Gasteiger partial charge in [-0.2, -0.15) is 20.8 Å². The number of hydrogen-bond acceptors (Lipinski definition) is 4. The minimum absolute atomic E-state index is 0. The maximum absolute atomic E-state index is 10.1. The molecule has 0 aromatic rings. The Bertz CT molecular complexity index is 223. The molecule has 0 atom stereocenters. The normalized spacial score (nSPS) is 9.14. The fraction of sp³-hybridized carbons (Fsp3) is 0.913. The second-order valence-corrected chi connectivity index (χ2v) is 8.05. The van der Waals surface area contributed by atoms with Crippen molar-refractivity contribution in [2.75, 3.05) is 0 Å². The summed E-state index contributed by atoms with van der Waals surface area (Å²) in [4.78, 5) is 10.1. The van der Waals surface area contributed by atoms with E-state index in [4.69, 9.17) is 20.4 Å². The zero-order valence-electron chi connectivity index (χ0n) is 21.1. The topological polar surface area (TPSA) is 98.0 Å². The van der Waals surface area contributed by atoms with Gasteiger partial charge in [0.15, 0.2) is 0 Å². The van der Waals surface area contributed by atoms with Crippen molar-refractivity contribution < 1.29 is 46.9 Å². The summed E-state index contributed by atoms with van der Waals surface area (Å²) in [5, 5.41) is 32.5. The molecule has 5 nitrogen and oxygen atoms in total. The Morgan fingerprint density at radius 1 is 0.690 bits per heavy atom. The Balaban J connectivity index is -0.0000000648. The van der Waals surface area contributed by atoms with Crippen molar-refractivity contribution in [1.82, 2.24) is 0 Å². The molecule has 0 aliphatic carbocycles. The van der Waals surface area contributed by atoms with Gasteiger partial charge < -0.3 is 26.3 Å². The Morgan fingerprint density at radius 3 is 1.10 bits per heavy atom. The fourth-order valence-corrected chi connectivity index (χ4v) is 1.23. The molecule has 0 unspecified atom stereocenters. The Hall–Kier alpha value is 0.0643. The zero-order valence-corrected chi connectivity index (χ0v) is 22.6. The molecular formula is C23H53O5Ti-. The van der Waals surface area contributed by atoms with Gasteiger partial charge in [0, 0.05) is 46.5 Å². The summed E-state index contributed by atoms with van der Waals surface area (Å²) < 4.78 is 0. The van der Waals surface area contributed by atoms with Crippen LogP contribution in [0.3, 0.4) is 0 Å². The number of aliphatic hydroxyl groups is 3. The van der Waals surface area contributed by atoms with Gasteiger partial charge in [-0.1, -0.05) is 45.4 Å². The zero-order chi connectivity index (χ0) is 23.5. The van der Waals surface area contributed by atoms with Crippen molar-refractivity contribution in [2.45, 2.75) is 139 Å². The number of aliphatic carboxylic acids is 1. The molecule has 4 N–H and O–H groups in total. The van der Waals surface area contributed by atoms with Crippen molar-refractivity contribution in [3.05, 3.63) is 5.92 Å². The maximum Gasteiger partial charge on any atom is 0.303 e. The van der Waals surface area contributed by atoms with Gasteiger partial charge in [-0.3, -0.25) is 4.79 Å². The third-order valence-electron chi connectivity index (χ3n) is 1.99. The molecular weight excluding hydrogens is 404 g/mol. The van der Waals surface area contributed by atoms with Gasteiger partial charge in [-0.15, -0.1) is 0 Å². The number of unbranched alkanes of at least 4 members (excludes halogenated alkanes) is 6. The van der Waals surface area contributed by atoms with E-state index in [9.17, 15) is 4.79 Å². The molecule has 0 spiro atoms. The summed E-state index contributed by atoms with van der Waals surface area (Å²) in [5.74, 6) is 0.753. The Kier molecular flexibility index (Phi) is 57.3. The van der Waals surface area contributed by atoms with Crippen molar-refractivity contribution in [3.8, 4) is 0 Å². The van der Waals surface area contributed by atoms with Gasteiger partial charge in [0.1, 0.15) is 0 Å². The largest absolute Gasteiger partial charge is 0.481 e. The van der Waals surface area contributed by atoms with Gasteiger partial charge in [-0.05, 0) is 48.0 Å². The standard InChI is InChI=1S/C10H20O2.C4H9.3C3H8O.Ti/c1-2-3-4-5-6-7-8-9-10(11)12;1-4(2)3;3*1-3(2)4;/h2-9H2,1H3,(H,11,12);1-3H3;3*3-4H,1-2H3;/q;-1;;;;. The van der Waals surface area contributed by atoms with Crippen molar-refractivity contribution >= 4 is 5.97 Å². The van der Waals surface area contributed by atoms with E-state index in [1.54, 1.807) is 41.5 Å². The van der Waals surface area contributed by atoms with Gasteiger partial charge in [-0.25, -0.2) is 0 Å². The van der Waals surface area contributed by atoms with Gasteiger partial charge in [0.2, 0.25) is 0 Å². The van der Waals surface area contributed by atoms with Gasteiger partial charge in [0.25, 0.3) is 0 Å². The first-order chi connectivity index (χ1) is 12.7. The molecule has 0 aromatic carbocycles. The molecule has 0 saturated heterocycles. The second kappa shape index (κ2) is 38.6. The van der Waals surface area contributed by atoms with Gasteiger partial charge in [0.05, 0.1) is 0 Å². The molecule has 0 aromatic heterocycles. The van der Waals surface area contributed by atoms with E-state index in [2.05, 4.69) is 27.7 Å². The van der Waals surface area contributed by atoms with Crippen molar-refractivity contribution in [2.24, 2.45) is 0 Å². The molecule has 0 saturated carbocycles. The van der Waals surface area contributed by atoms with Crippen molar-refractivity contribution in [1.29, 1.82) is 0 Å². The molecule has 180 valence electrons. The molecule has 0 aliphatic rings. The average molecular weight is 458 g/mol. The third-order valence-corrected chi connectivity index (χ3v) is 1.99. The van der Waals surface area contributed by atoms with E-state index in [0.717, 1.165) is 12.8 Å². The first kappa shape index (κ1) is 43.0. The Morgan fingerprint density at radius 2 is 0.897 bits per heavy atom. The van der Waals surface area contributed by atoms with Crippen LogP contribution < -0.4 is 0 Å². The SMILES string of the molecule is CC(C)O.CC(C)O.CC(C)O.CCCCCCCCCC(=O)O.C[C-](C)C.[Ti]. The number of aliphatic hydroxyl groups excluding tert-OH is 3. The first-order valence-electron chi connectivity index (χ1n) is 10.7. The monoisotopic (exact) mass is 457 g/mol. The molecule has 0 heterocycles. The minimum Gasteiger partial charge on any atom is -0.481 e. The van der Waals surface area contributed by atoms with Crippen LogP contribution in [0.5, 0.6) is 0 Å². The summed E-state index contributed by atoms with van der Waals surface area (Å²) in [6.07, 6.45) is 8.14. The molecule has 0 rings (SSSR count). The summed E-state index contributed by atoms with van der Waals surface area (Å²) in [6, 6.07) is 0. The predicted molar refractivity (Wildman–Crippen MR) is 123 cm³/mol. The van der Waals surface area contributed by atoms with Crippen LogP contribution in [0, 0.1) is 5.92 Å². The van der Waals surface area contributed by atoms with Crippen molar-refractivity contribution in [3.63, 3.8) is 0 Å². The smallest absolute Gasteiger partial charge is 0.303 e. The summed E-state index contributed by atoms with van der Waals surface area (Å²) in [6.45, 7) is 18.8. The van der Waals surface area contributed by atoms with E-state index in [-0.39, 0.29) is 40.0 Å². The molecule has 0 fully saturated rings. The van der Waals surface area contributed by atoms with Crippen LogP contribution >= 0.6 is 0 Å². The van der Waals surface area contributed by atoms with E-state index >= 15 is 0 Å². The van der Waals surface area contributed by atoms with E-state index in [1.807, 2.05) is 0 Å². The predicted octanol–water partition coefficient (Wildman–Crippen LogP) is 5.99. The van der Waals surface area contributed by atoms with Crippen LogP contribution in [0.15, 0.2) is 0 Å². The summed E-state index contributed by atoms with van der Waals surface area (Å²) in [7, 11) is 0. The molecule has 29 heavy (non-hydrogen) atoms. The quantitative estimate of drug-likeness (QED) is 0.204. The summed E-state index contributed by atoms with van der Waals surface area (Å²) >= 11 is 0. The molecule has 6 heteroatoms.